The Hall–Kier alpha value is -2.75. The van der Waals surface area contributed by atoms with E-state index in [-0.39, 0.29) is 17.7 Å². The molecule has 165 valence electrons. The summed E-state index contributed by atoms with van der Waals surface area (Å²) < 4.78 is 14.8. The Bertz CT molecular complexity index is 879. The van der Waals surface area contributed by atoms with Crippen LogP contribution in [0.5, 0.6) is 0 Å². The first-order valence-corrected chi connectivity index (χ1v) is 10.8. The fourth-order valence-electron chi connectivity index (χ4n) is 3.26. The van der Waals surface area contributed by atoms with Crippen molar-refractivity contribution in [1.82, 2.24) is 5.32 Å². The molecule has 0 bridgehead atoms. The van der Waals surface area contributed by atoms with Gasteiger partial charge in [-0.05, 0) is 67.9 Å². The summed E-state index contributed by atoms with van der Waals surface area (Å²) in [6.07, 6.45) is 7.08. The van der Waals surface area contributed by atoms with Gasteiger partial charge < -0.3 is 10.6 Å². The van der Waals surface area contributed by atoms with E-state index in [9.17, 15) is 4.39 Å². The smallest absolute Gasteiger partial charge is 0.160 e. The molecule has 1 unspecified atom stereocenters. The fourth-order valence-corrected chi connectivity index (χ4v) is 3.26. The van der Waals surface area contributed by atoms with E-state index in [0.717, 1.165) is 35.5 Å². The second kappa shape index (κ2) is 12.8. The van der Waals surface area contributed by atoms with E-state index < -0.39 is 0 Å². The minimum absolute atomic E-state index is 0.0951. The quantitative estimate of drug-likeness (QED) is 0.255. The van der Waals surface area contributed by atoms with Crippen LogP contribution >= 0.6 is 0 Å². The van der Waals surface area contributed by atoms with Gasteiger partial charge in [0.25, 0.3) is 0 Å². The predicted octanol–water partition coefficient (Wildman–Crippen LogP) is 7.55. The Balaban J connectivity index is 2.98. The minimum Gasteiger partial charge on any atom is -0.387 e. The Kier molecular flexibility index (Phi) is 10.9. The molecule has 0 aliphatic rings. The summed E-state index contributed by atoms with van der Waals surface area (Å²) in [5, 5.41) is 6.61. The average molecular weight is 419 g/mol. The highest BCUT2D eigenvalue weighted by Gasteiger charge is 2.16. The lowest BCUT2D eigenvalue weighted by Gasteiger charge is -2.22. The third-order valence-electron chi connectivity index (χ3n) is 5.19. The minimum atomic E-state index is -0.379. The Labute approximate surface area is 189 Å². The van der Waals surface area contributed by atoms with Gasteiger partial charge >= 0.3 is 0 Å². The normalized spacial score (nSPS) is 14.1. The van der Waals surface area contributed by atoms with E-state index in [0.29, 0.717) is 11.0 Å². The summed E-state index contributed by atoms with van der Waals surface area (Å²) in [6, 6.07) is 6.34. The standard InChI is InChI=1S/C27H37BFN2/c1-10-13-25-14-15-26(16-24(25)12-3)31-22(9)23(11-2)17-27(29)20(7)28-19(6)21(8)30-18(4)5/h11-12,14-17,19,21,30-31H,2-4,7,10,13H2,1,5-6,8-9H3/b23-22+,27-17+/t19?,21-/m0/s1. The van der Waals surface area contributed by atoms with Crippen LogP contribution in [-0.4, -0.2) is 13.3 Å². The summed E-state index contributed by atoms with van der Waals surface area (Å²) in [4.78, 5) is 0. The van der Waals surface area contributed by atoms with Crippen molar-refractivity contribution in [2.45, 2.75) is 59.3 Å². The van der Waals surface area contributed by atoms with Gasteiger partial charge in [-0.15, -0.1) is 6.58 Å². The third kappa shape index (κ3) is 8.49. The van der Waals surface area contributed by atoms with E-state index in [2.05, 4.69) is 56.0 Å². The lowest BCUT2D eigenvalue weighted by atomic mass is 9.57. The largest absolute Gasteiger partial charge is 0.387 e. The van der Waals surface area contributed by atoms with Crippen LogP contribution in [0.3, 0.4) is 0 Å². The fraction of sp³-hybridized carbons (Fsp3) is 0.333. The molecule has 0 fully saturated rings. The molecule has 0 heterocycles. The number of rotatable bonds is 13. The summed E-state index contributed by atoms with van der Waals surface area (Å²) in [5.41, 5.74) is 6.03. The van der Waals surface area contributed by atoms with Crippen LogP contribution in [0.25, 0.3) is 6.08 Å². The first-order chi connectivity index (χ1) is 14.6. The van der Waals surface area contributed by atoms with Gasteiger partial charge in [-0.1, -0.05) is 63.7 Å². The zero-order valence-corrected chi connectivity index (χ0v) is 19.8. The molecule has 31 heavy (non-hydrogen) atoms. The van der Waals surface area contributed by atoms with Crippen molar-refractivity contribution in [3.05, 3.63) is 96.1 Å². The molecule has 2 N–H and O–H groups in total. The van der Waals surface area contributed by atoms with E-state index in [4.69, 9.17) is 0 Å². The van der Waals surface area contributed by atoms with E-state index in [1.165, 1.54) is 11.6 Å². The van der Waals surface area contributed by atoms with Crippen molar-refractivity contribution in [2.75, 3.05) is 5.32 Å². The van der Waals surface area contributed by atoms with Gasteiger partial charge in [0.1, 0.15) is 5.83 Å². The zero-order chi connectivity index (χ0) is 23.6. The molecular formula is C27H37BFN2. The molecule has 0 aliphatic carbocycles. The second-order valence-electron chi connectivity index (χ2n) is 8.03. The Morgan fingerprint density at radius 2 is 1.87 bits per heavy atom. The van der Waals surface area contributed by atoms with Crippen molar-refractivity contribution >= 4 is 19.0 Å². The number of halogens is 1. The maximum atomic E-state index is 14.8. The average Bonchev–Trinajstić information content (AvgIpc) is 2.72. The van der Waals surface area contributed by atoms with Gasteiger partial charge in [0.05, 0.1) is 0 Å². The summed E-state index contributed by atoms with van der Waals surface area (Å²) >= 11 is 0. The van der Waals surface area contributed by atoms with Gasteiger partial charge in [0, 0.05) is 23.1 Å². The van der Waals surface area contributed by atoms with Gasteiger partial charge in [-0.2, -0.15) is 0 Å². The molecule has 0 aromatic heterocycles. The van der Waals surface area contributed by atoms with Gasteiger partial charge in [-0.25, -0.2) is 4.39 Å². The van der Waals surface area contributed by atoms with Crippen LogP contribution in [-0.2, 0) is 6.42 Å². The predicted molar refractivity (Wildman–Crippen MR) is 138 cm³/mol. The van der Waals surface area contributed by atoms with Crippen LogP contribution in [0, 0.1) is 0 Å². The number of benzene rings is 1. The first kappa shape index (κ1) is 26.3. The number of hydrogen-bond donors (Lipinski definition) is 2. The van der Waals surface area contributed by atoms with Gasteiger partial charge in [0.15, 0.2) is 7.28 Å². The highest BCUT2D eigenvalue weighted by molar-refractivity contribution is 6.48. The van der Waals surface area contributed by atoms with Crippen molar-refractivity contribution < 1.29 is 4.39 Å². The molecule has 0 spiro atoms. The lowest BCUT2D eigenvalue weighted by Crippen LogP contribution is -2.30. The second-order valence-corrected chi connectivity index (χ2v) is 8.03. The lowest BCUT2D eigenvalue weighted by molar-refractivity contribution is 0.591. The van der Waals surface area contributed by atoms with Crippen molar-refractivity contribution in [3.63, 3.8) is 0 Å². The topological polar surface area (TPSA) is 24.1 Å². The molecule has 2 atom stereocenters. The molecule has 0 saturated carbocycles. The van der Waals surface area contributed by atoms with Crippen LogP contribution in [0.2, 0.25) is 5.82 Å². The third-order valence-corrected chi connectivity index (χ3v) is 5.19. The first-order valence-electron chi connectivity index (χ1n) is 10.8. The Morgan fingerprint density at radius 3 is 2.42 bits per heavy atom. The molecule has 1 aromatic carbocycles. The van der Waals surface area contributed by atoms with E-state index >= 15 is 0 Å². The zero-order valence-electron chi connectivity index (χ0n) is 19.8. The summed E-state index contributed by atoms with van der Waals surface area (Å²) in [5.74, 6) is -0.284. The number of aryl methyl sites for hydroxylation is 1. The van der Waals surface area contributed by atoms with Crippen LogP contribution < -0.4 is 10.6 Å². The number of nitrogens with one attached hydrogen (secondary N) is 2. The molecule has 0 amide bonds. The van der Waals surface area contributed by atoms with E-state index in [1.807, 2.05) is 47.1 Å². The van der Waals surface area contributed by atoms with Crippen molar-refractivity contribution in [2.24, 2.45) is 0 Å². The molecule has 0 saturated heterocycles. The number of anilines is 1. The van der Waals surface area contributed by atoms with Crippen molar-refractivity contribution in [1.29, 1.82) is 0 Å². The molecule has 1 radical (unpaired) electrons. The van der Waals surface area contributed by atoms with Crippen molar-refractivity contribution in [3.8, 4) is 0 Å². The Morgan fingerprint density at radius 1 is 1.19 bits per heavy atom. The molecule has 0 aliphatic heterocycles. The maximum Gasteiger partial charge on any atom is 0.160 e. The number of hydrogen-bond acceptors (Lipinski definition) is 2. The molecule has 1 aromatic rings. The molecule has 4 heteroatoms. The van der Waals surface area contributed by atoms with Crippen LogP contribution in [0.1, 0.15) is 52.2 Å². The van der Waals surface area contributed by atoms with Crippen LogP contribution in [0.4, 0.5) is 10.1 Å². The van der Waals surface area contributed by atoms with E-state index in [1.54, 1.807) is 6.08 Å². The molecule has 1 rings (SSSR count). The number of allylic oxidation sites excluding steroid dienone is 7. The van der Waals surface area contributed by atoms with Gasteiger partial charge in [-0.3, -0.25) is 0 Å². The monoisotopic (exact) mass is 419 g/mol. The maximum absolute atomic E-state index is 14.8. The molecular weight excluding hydrogens is 382 g/mol. The SMILES string of the molecule is C=CC(/C=C(/F)C(=C)[B]C(C)[C@H](C)NC(=C)C)=C(/C)Nc1ccc(CCC)c(C=C)c1. The highest BCUT2D eigenvalue weighted by atomic mass is 19.1. The summed E-state index contributed by atoms with van der Waals surface area (Å²) in [6.45, 7) is 25.6. The highest BCUT2D eigenvalue weighted by Crippen LogP contribution is 2.23. The molecule has 2 nitrogen and oxygen atoms in total. The summed E-state index contributed by atoms with van der Waals surface area (Å²) in [7, 11) is 1.83. The van der Waals surface area contributed by atoms with Crippen LogP contribution in [0.15, 0.2) is 84.9 Å². The van der Waals surface area contributed by atoms with Gasteiger partial charge in [0.2, 0.25) is 0 Å².